The van der Waals surface area contributed by atoms with Crippen LogP contribution in [-0.2, 0) is 9.53 Å². The molecule has 1 aliphatic heterocycles. The lowest BCUT2D eigenvalue weighted by Crippen LogP contribution is -2.39. The highest BCUT2D eigenvalue weighted by Gasteiger charge is 2.33. The van der Waals surface area contributed by atoms with Crippen LogP contribution in [0.15, 0.2) is 29.0 Å². The molecule has 0 spiro atoms. The molecule has 3 N–H and O–H groups in total. The van der Waals surface area contributed by atoms with E-state index in [-0.39, 0.29) is 24.0 Å². The van der Waals surface area contributed by atoms with Crippen LogP contribution in [0.2, 0.25) is 0 Å². The van der Waals surface area contributed by atoms with Gasteiger partial charge in [-0.1, -0.05) is 19.0 Å². The minimum Gasteiger partial charge on any atom is -0.364 e. The summed E-state index contributed by atoms with van der Waals surface area (Å²) in [7, 11) is 0. The molecule has 0 aliphatic carbocycles. The quantitative estimate of drug-likeness (QED) is 0.814. The SMILES string of the molecule is CC(C)C(NC(=O)[C@@H]1CC[C@H](CN)O1)c1nc(-c2ccncc2)no1. The van der Waals surface area contributed by atoms with Crippen LogP contribution in [0.1, 0.15) is 38.6 Å². The average molecular weight is 345 g/mol. The summed E-state index contributed by atoms with van der Waals surface area (Å²) in [5, 5.41) is 6.98. The normalized spacial score (nSPS) is 21.4. The van der Waals surface area contributed by atoms with Crippen molar-refractivity contribution < 1.29 is 14.1 Å². The topological polar surface area (TPSA) is 116 Å². The standard InChI is InChI=1S/C17H23N5O3/c1-10(2)14(20-16(23)13-4-3-12(9-18)24-13)17-21-15(22-25-17)11-5-7-19-8-6-11/h5-8,10,12-14H,3-4,9,18H2,1-2H3,(H,20,23)/t12-,13+,14?/m1/s1. The molecule has 1 saturated heterocycles. The second-order valence-electron chi connectivity index (χ2n) is 6.48. The first kappa shape index (κ1) is 17.5. The molecule has 25 heavy (non-hydrogen) atoms. The molecule has 0 saturated carbocycles. The van der Waals surface area contributed by atoms with Gasteiger partial charge in [0.05, 0.1) is 6.10 Å². The number of nitrogens with zero attached hydrogens (tertiary/aromatic N) is 3. The van der Waals surface area contributed by atoms with E-state index < -0.39 is 6.10 Å². The first-order valence-corrected chi connectivity index (χ1v) is 8.48. The third-order valence-electron chi connectivity index (χ3n) is 4.27. The third kappa shape index (κ3) is 4.02. The number of amides is 1. The number of rotatable bonds is 6. The summed E-state index contributed by atoms with van der Waals surface area (Å²) >= 11 is 0. The van der Waals surface area contributed by atoms with Gasteiger partial charge in [0, 0.05) is 24.5 Å². The van der Waals surface area contributed by atoms with Gasteiger partial charge in [0.2, 0.25) is 17.6 Å². The monoisotopic (exact) mass is 345 g/mol. The summed E-state index contributed by atoms with van der Waals surface area (Å²) < 4.78 is 11.0. The van der Waals surface area contributed by atoms with Gasteiger partial charge >= 0.3 is 0 Å². The fraction of sp³-hybridized carbons (Fsp3) is 0.529. The van der Waals surface area contributed by atoms with Crippen molar-refractivity contribution >= 4 is 5.91 Å². The zero-order chi connectivity index (χ0) is 17.8. The summed E-state index contributed by atoms with van der Waals surface area (Å²) in [5.41, 5.74) is 6.41. The van der Waals surface area contributed by atoms with E-state index in [1.165, 1.54) is 0 Å². The summed E-state index contributed by atoms with van der Waals surface area (Å²) in [5.74, 6) is 0.765. The van der Waals surface area contributed by atoms with Gasteiger partial charge in [-0.15, -0.1) is 0 Å². The molecule has 134 valence electrons. The molecule has 8 nitrogen and oxygen atoms in total. The number of pyridine rings is 1. The van der Waals surface area contributed by atoms with E-state index in [0.29, 0.717) is 24.7 Å². The Hall–Kier alpha value is -2.32. The molecule has 2 aromatic rings. The minimum absolute atomic E-state index is 0.0463. The van der Waals surface area contributed by atoms with Gasteiger partial charge in [0.15, 0.2) is 0 Å². The largest absolute Gasteiger partial charge is 0.364 e. The molecule has 0 radical (unpaired) electrons. The second-order valence-corrected chi connectivity index (χ2v) is 6.48. The van der Waals surface area contributed by atoms with E-state index in [1.54, 1.807) is 24.5 Å². The van der Waals surface area contributed by atoms with Gasteiger partial charge in [0.1, 0.15) is 12.1 Å². The molecule has 3 heterocycles. The van der Waals surface area contributed by atoms with Crippen LogP contribution in [-0.4, -0.2) is 39.8 Å². The van der Waals surface area contributed by atoms with E-state index in [4.69, 9.17) is 15.0 Å². The molecule has 3 atom stereocenters. The molecule has 1 aliphatic rings. The van der Waals surface area contributed by atoms with Crippen LogP contribution in [0.25, 0.3) is 11.4 Å². The molecule has 3 rings (SSSR count). The van der Waals surface area contributed by atoms with Gasteiger partial charge in [0.25, 0.3) is 0 Å². The molecule has 2 aromatic heterocycles. The van der Waals surface area contributed by atoms with Crippen molar-refractivity contribution in [1.29, 1.82) is 0 Å². The Labute approximate surface area is 146 Å². The number of carbonyl (C=O) groups excluding carboxylic acids is 1. The zero-order valence-corrected chi connectivity index (χ0v) is 14.4. The number of nitrogens with two attached hydrogens (primary N) is 1. The lowest BCUT2D eigenvalue weighted by Gasteiger charge is -2.21. The Morgan fingerprint density at radius 2 is 2.12 bits per heavy atom. The van der Waals surface area contributed by atoms with Gasteiger partial charge < -0.3 is 20.3 Å². The van der Waals surface area contributed by atoms with Crippen LogP contribution < -0.4 is 11.1 Å². The van der Waals surface area contributed by atoms with Crippen molar-refractivity contribution in [2.75, 3.05) is 6.54 Å². The summed E-state index contributed by atoms with van der Waals surface area (Å²) in [6.45, 7) is 4.40. The number of carbonyl (C=O) groups is 1. The Balaban J connectivity index is 1.71. The van der Waals surface area contributed by atoms with Crippen molar-refractivity contribution in [3.63, 3.8) is 0 Å². The van der Waals surface area contributed by atoms with E-state index in [9.17, 15) is 4.79 Å². The van der Waals surface area contributed by atoms with E-state index >= 15 is 0 Å². The molecule has 8 heteroatoms. The van der Waals surface area contributed by atoms with Crippen molar-refractivity contribution in [1.82, 2.24) is 20.4 Å². The maximum absolute atomic E-state index is 12.5. The lowest BCUT2D eigenvalue weighted by molar-refractivity contribution is -0.133. The molecule has 0 bridgehead atoms. The Bertz CT molecular complexity index is 703. The van der Waals surface area contributed by atoms with Crippen molar-refractivity contribution in [3.05, 3.63) is 30.4 Å². The molecule has 1 amide bonds. The first-order chi connectivity index (χ1) is 12.1. The van der Waals surface area contributed by atoms with E-state index in [0.717, 1.165) is 12.0 Å². The Kier molecular flexibility index (Phi) is 5.40. The predicted molar refractivity (Wildman–Crippen MR) is 90.2 cm³/mol. The summed E-state index contributed by atoms with van der Waals surface area (Å²) in [6.07, 6.45) is 4.28. The number of aromatic nitrogens is 3. The fourth-order valence-electron chi connectivity index (χ4n) is 2.81. The molecule has 1 fully saturated rings. The van der Waals surface area contributed by atoms with Crippen molar-refractivity contribution in [3.8, 4) is 11.4 Å². The number of hydrogen-bond acceptors (Lipinski definition) is 7. The van der Waals surface area contributed by atoms with Crippen LogP contribution in [0, 0.1) is 5.92 Å². The van der Waals surface area contributed by atoms with Crippen LogP contribution >= 0.6 is 0 Å². The molecule has 0 aromatic carbocycles. The summed E-state index contributed by atoms with van der Waals surface area (Å²) in [6, 6.07) is 3.23. The first-order valence-electron chi connectivity index (χ1n) is 8.48. The van der Waals surface area contributed by atoms with Gasteiger partial charge in [-0.05, 0) is 30.9 Å². The maximum Gasteiger partial charge on any atom is 0.249 e. The third-order valence-corrected chi connectivity index (χ3v) is 4.27. The Morgan fingerprint density at radius 3 is 2.76 bits per heavy atom. The number of nitrogens with one attached hydrogen (secondary N) is 1. The number of ether oxygens (including phenoxy) is 1. The minimum atomic E-state index is -0.475. The molecule has 1 unspecified atom stereocenters. The van der Waals surface area contributed by atoms with E-state index in [2.05, 4.69) is 20.4 Å². The van der Waals surface area contributed by atoms with Crippen molar-refractivity contribution in [2.45, 2.75) is 44.9 Å². The second kappa shape index (κ2) is 7.71. The number of hydrogen-bond donors (Lipinski definition) is 2. The average Bonchev–Trinajstić information content (AvgIpc) is 3.29. The summed E-state index contributed by atoms with van der Waals surface area (Å²) in [4.78, 5) is 20.9. The van der Waals surface area contributed by atoms with Gasteiger partial charge in [-0.25, -0.2) is 0 Å². The highest BCUT2D eigenvalue weighted by atomic mass is 16.5. The van der Waals surface area contributed by atoms with Crippen LogP contribution in [0.3, 0.4) is 0 Å². The molecular formula is C17H23N5O3. The Morgan fingerprint density at radius 1 is 1.36 bits per heavy atom. The smallest absolute Gasteiger partial charge is 0.249 e. The maximum atomic E-state index is 12.5. The lowest BCUT2D eigenvalue weighted by atomic mass is 10.0. The van der Waals surface area contributed by atoms with Crippen LogP contribution in [0.5, 0.6) is 0 Å². The highest BCUT2D eigenvalue weighted by Crippen LogP contribution is 2.25. The highest BCUT2D eigenvalue weighted by molar-refractivity contribution is 5.81. The molecular weight excluding hydrogens is 322 g/mol. The zero-order valence-electron chi connectivity index (χ0n) is 14.4. The van der Waals surface area contributed by atoms with Crippen LogP contribution in [0.4, 0.5) is 0 Å². The predicted octanol–water partition coefficient (Wildman–Crippen LogP) is 1.45. The van der Waals surface area contributed by atoms with Crippen molar-refractivity contribution in [2.24, 2.45) is 11.7 Å². The van der Waals surface area contributed by atoms with E-state index in [1.807, 2.05) is 13.8 Å². The fourth-order valence-corrected chi connectivity index (χ4v) is 2.81. The van der Waals surface area contributed by atoms with Gasteiger partial charge in [-0.3, -0.25) is 9.78 Å². The van der Waals surface area contributed by atoms with Gasteiger partial charge in [-0.2, -0.15) is 4.98 Å².